The zero-order valence-corrected chi connectivity index (χ0v) is 11.2. The third kappa shape index (κ3) is 4.30. The first kappa shape index (κ1) is 14.4. The maximum absolute atomic E-state index is 10.9. The van der Waals surface area contributed by atoms with E-state index >= 15 is 0 Å². The summed E-state index contributed by atoms with van der Waals surface area (Å²) >= 11 is 5.78. The molecule has 5 heteroatoms. The van der Waals surface area contributed by atoms with Crippen molar-refractivity contribution < 1.29 is 9.90 Å². The third-order valence-corrected chi connectivity index (χ3v) is 2.56. The summed E-state index contributed by atoms with van der Waals surface area (Å²) in [4.78, 5) is 10.9. The molecule has 0 atom stereocenters. The van der Waals surface area contributed by atoms with E-state index in [1.54, 1.807) is 12.1 Å². The van der Waals surface area contributed by atoms with Crippen molar-refractivity contribution in [3.8, 4) is 0 Å². The van der Waals surface area contributed by atoms with Gasteiger partial charge in [0.2, 0.25) is 0 Å². The molecule has 0 aliphatic heterocycles. The van der Waals surface area contributed by atoms with Crippen molar-refractivity contribution in [2.24, 2.45) is 5.92 Å². The molecule has 4 nitrogen and oxygen atoms in total. The van der Waals surface area contributed by atoms with E-state index in [1.807, 2.05) is 0 Å². The number of benzene rings is 1. The molecule has 0 saturated carbocycles. The molecule has 3 N–H and O–H groups in total. The normalized spacial score (nSPS) is 10.2. The maximum atomic E-state index is 10.9. The fourth-order valence-electron chi connectivity index (χ4n) is 1.47. The van der Waals surface area contributed by atoms with Crippen molar-refractivity contribution in [3.05, 3.63) is 41.1 Å². The first-order valence-electron chi connectivity index (χ1n) is 5.62. The number of carboxylic acids is 1. The van der Waals surface area contributed by atoms with Gasteiger partial charge in [-0.25, -0.2) is 4.79 Å². The Labute approximate surface area is 112 Å². The van der Waals surface area contributed by atoms with E-state index in [9.17, 15) is 4.79 Å². The molecule has 0 bridgehead atoms. The van der Waals surface area contributed by atoms with Crippen LogP contribution in [0.2, 0.25) is 5.02 Å². The Balaban J connectivity index is 2.66. The van der Waals surface area contributed by atoms with E-state index in [-0.39, 0.29) is 10.6 Å². The topological polar surface area (TPSA) is 61.4 Å². The highest BCUT2D eigenvalue weighted by atomic mass is 35.5. The Kier molecular flexibility index (Phi) is 5.04. The molecule has 1 aromatic rings. The number of hydrogen-bond donors (Lipinski definition) is 3. The summed E-state index contributed by atoms with van der Waals surface area (Å²) in [5, 5.41) is 9.15. The molecule has 0 saturated heterocycles. The van der Waals surface area contributed by atoms with E-state index in [1.165, 1.54) is 6.07 Å². The number of hydrazine groups is 1. The minimum absolute atomic E-state index is 0.0675. The van der Waals surface area contributed by atoms with E-state index < -0.39 is 5.97 Å². The van der Waals surface area contributed by atoms with Crippen molar-refractivity contribution in [2.75, 3.05) is 5.43 Å². The van der Waals surface area contributed by atoms with Crippen LogP contribution >= 0.6 is 11.6 Å². The lowest BCUT2D eigenvalue weighted by atomic mass is 10.1. The fourth-order valence-corrected chi connectivity index (χ4v) is 1.67. The van der Waals surface area contributed by atoms with Gasteiger partial charge in [-0.15, -0.1) is 0 Å². The van der Waals surface area contributed by atoms with Crippen molar-refractivity contribution in [3.63, 3.8) is 0 Å². The Morgan fingerprint density at radius 2 is 2.17 bits per heavy atom. The zero-order valence-electron chi connectivity index (χ0n) is 10.5. The highest BCUT2D eigenvalue weighted by Gasteiger charge is 2.09. The molecule has 0 amide bonds. The molecule has 1 aromatic carbocycles. The summed E-state index contributed by atoms with van der Waals surface area (Å²) in [5.41, 5.74) is 7.37. The molecule has 0 heterocycles. The average molecular weight is 269 g/mol. The second-order valence-electron chi connectivity index (χ2n) is 4.45. The van der Waals surface area contributed by atoms with Gasteiger partial charge in [0.25, 0.3) is 0 Å². The molecular weight excluding hydrogens is 252 g/mol. The summed E-state index contributed by atoms with van der Waals surface area (Å²) in [5.74, 6) is -0.545. The quantitative estimate of drug-likeness (QED) is 0.691. The lowest BCUT2D eigenvalue weighted by Crippen LogP contribution is -2.21. The Bertz CT molecular complexity index is 458. The number of halogens is 1. The minimum Gasteiger partial charge on any atom is -0.478 e. The first-order chi connectivity index (χ1) is 8.40. The van der Waals surface area contributed by atoms with Crippen LogP contribution in [0, 0.1) is 5.92 Å². The molecule has 0 unspecified atom stereocenters. The van der Waals surface area contributed by atoms with Crippen molar-refractivity contribution >= 4 is 23.3 Å². The Morgan fingerprint density at radius 3 is 2.72 bits per heavy atom. The van der Waals surface area contributed by atoms with Crippen LogP contribution in [0.1, 0.15) is 30.6 Å². The summed E-state index contributed by atoms with van der Waals surface area (Å²) in [6, 6.07) is 4.71. The number of allylic oxidation sites excluding steroid dienone is 1. The van der Waals surface area contributed by atoms with Gasteiger partial charge in [-0.1, -0.05) is 32.0 Å². The molecule has 0 radical (unpaired) electrons. The summed E-state index contributed by atoms with van der Waals surface area (Å²) in [7, 11) is 0. The average Bonchev–Trinajstić information content (AvgIpc) is 2.26. The second-order valence-corrected chi connectivity index (χ2v) is 4.86. The molecular formula is C13H17ClN2O2. The number of aromatic carboxylic acids is 1. The first-order valence-corrected chi connectivity index (χ1v) is 6.00. The molecule has 1 rings (SSSR count). The van der Waals surface area contributed by atoms with Crippen LogP contribution in [0.5, 0.6) is 0 Å². The predicted octanol–water partition coefficient (Wildman–Crippen LogP) is 3.51. The van der Waals surface area contributed by atoms with Crippen molar-refractivity contribution in [1.82, 2.24) is 5.43 Å². The van der Waals surface area contributed by atoms with Gasteiger partial charge in [-0.2, -0.15) is 0 Å². The van der Waals surface area contributed by atoms with Gasteiger partial charge in [0.1, 0.15) is 0 Å². The second kappa shape index (κ2) is 6.31. The SMILES string of the molecule is C=C(CC(C)C)NNc1ccc(Cl)c(C(=O)O)c1. The number of rotatable bonds is 6. The third-order valence-electron chi connectivity index (χ3n) is 2.24. The number of hydrogen-bond acceptors (Lipinski definition) is 3. The van der Waals surface area contributed by atoms with Crippen LogP contribution < -0.4 is 10.9 Å². The summed E-state index contributed by atoms with van der Waals surface area (Å²) in [6.45, 7) is 8.06. The lowest BCUT2D eigenvalue weighted by Gasteiger charge is -2.14. The van der Waals surface area contributed by atoms with Crippen LogP contribution in [0.4, 0.5) is 5.69 Å². The molecule has 0 aliphatic carbocycles. The predicted molar refractivity (Wildman–Crippen MR) is 73.8 cm³/mol. The number of anilines is 1. The fraction of sp³-hybridized carbons (Fsp3) is 0.308. The van der Waals surface area contributed by atoms with Gasteiger partial charge in [-0.3, -0.25) is 0 Å². The molecule has 18 heavy (non-hydrogen) atoms. The van der Waals surface area contributed by atoms with Gasteiger partial charge in [-0.05, 0) is 30.5 Å². The monoisotopic (exact) mass is 268 g/mol. The number of carboxylic acid groups (broad SMARTS) is 1. The largest absolute Gasteiger partial charge is 0.478 e. The van der Waals surface area contributed by atoms with E-state index in [0.29, 0.717) is 11.6 Å². The van der Waals surface area contributed by atoms with Crippen LogP contribution in [0.25, 0.3) is 0 Å². The number of carbonyl (C=O) groups is 1. The summed E-state index contributed by atoms with van der Waals surface area (Å²) in [6.07, 6.45) is 0.840. The lowest BCUT2D eigenvalue weighted by molar-refractivity contribution is 0.0697. The maximum Gasteiger partial charge on any atom is 0.337 e. The molecule has 0 aromatic heterocycles. The standard InChI is InChI=1S/C13H17ClN2O2/c1-8(2)6-9(3)15-16-10-4-5-12(14)11(7-10)13(17)18/h4-5,7-8,15-16H,3,6H2,1-2H3,(H,17,18). The highest BCUT2D eigenvalue weighted by molar-refractivity contribution is 6.33. The minimum atomic E-state index is -1.05. The molecule has 0 aliphatic rings. The molecule has 0 spiro atoms. The molecule has 98 valence electrons. The number of nitrogens with one attached hydrogen (secondary N) is 2. The highest BCUT2D eigenvalue weighted by Crippen LogP contribution is 2.20. The zero-order chi connectivity index (χ0) is 13.7. The van der Waals surface area contributed by atoms with Gasteiger partial charge in [0, 0.05) is 5.70 Å². The van der Waals surface area contributed by atoms with E-state index in [4.69, 9.17) is 16.7 Å². The van der Waals surface area contributed by atoms with Crippen LogP contribution in [-0.4, -0.2) is 11.1 Å². The van der Waals surface area contributed by atoms with Crippen LogP contribution in [-0.2, 0) is 0 Å². The summed E-state index contributed by atoms with van der Waals surface area (Å²) < 4.78 is 0. The van der Waals surface area contributed by atoms with Crippen LogP contribution in [0.3, 0.4) is 0 Å². The van der Waals surface area contributed by atoms with E-state index in [0.717, 1.165) is 12.1 Å². The van der Waals surface area contributed by atoms with Crippen molar-refractivity contribution in [1.29, 1.82) is 0 Å². The smallest absolute Gasteiger partial charge is 0.337 e. The van der Waals surface area contributed by atoms with E-state index in [2.05, 4.69) is 31.3 Å². The molecule has 0 fully saturated rings. The van der Waals surface area contributed by atoms with Gasteiger partial charge >= 0.3 is 5.97 Å². The van der Waals surface area contributed by atoms with Gasteiger partial charge in [0.15, 0.2) is 0 Å². The Morgan fingerprint density at radius 1 is 1.50 bits per heavy atom. The van der Waals surface area contributed by atoms with Gasteiger partial charge < -0.3 is 16.0 Å². The Hall–Kier alpha value is -1.68. The van der Waals surface area contributed by atoms with Gasteiger partial charge in [0.05, 0.1) is 16.3 Å². The van der Waals surface area contributed by atoms with Crippen molar-refractivity contribution in [2.45, 2.75) is 20.3 Å². The van der Waals surface area contributed by atoms with Crippen LogP contribution in [0.15, 0.2) is 30.5 Å².